The molecule has 1 N–H and O–H groups in total. The van der Waals surface area contributed by atoms with Crippen LogP contribution in [-0.4, -0.2) is 39.6 Å². The van der Waals surface area contributed by atoms with Crippen LogP contribution in [0.5, 0.6) is 0 Å². The summed E-state index contributed by atoms with van der Waals surface area (Å²) in [4.78, 5) is 17.4. The SMILES string of the molecule is CC.Cc1cc(C(C)C)n[nH]1.Cc1ccc(-c2cc(C)nc(C3CCN(C=O)C3)c2)cc1. The van der Waals surface area contributed by atoms with Crippen molar-refractivity contribution in [3.05, 3.63) is 70.8 Å². The molecule has 5 heteroatoms. The van der Waals surface area contributed by atoms with E-state index < -0.39 is 0 Å². The third-order valence-corrected chi connectivity index (χ3v) is 5.46. The van der Waals surface area contributed by atoms with Crippen molar-refractivity contribution >= 4 is 6.41 Å². The van der Waals surface area contributed by atoms with Crippen LogP contribution in [-0.2, 0) is 4.79 Å². The number of aryl methyl sites for hydroxylation is 3. The average Bonchev–Trinajstić information content (AvgIpc) is 3.45. The van der Waals surface area contributed by atoms with Gasteiger partial charge in [-0.25, -0.2) is 0 Å². The number of nitrogens with zero attached hydrogens (tertiary/aromatic N) is 3. The van der Waals surface area contributed by atoms with Crippen LogP contribution in [0.25, 0.3) is 11.1 Å². The predicted molar refractivity (Wildman–Crippen MR) is 133 cm³/mol. The van der Waals surface area contributed by atoms with Gasteiger partial charge in [-0.05, 0) is 62.4 Å². The Bertz CT molecular complexity index is 976. The van der Waals surface area contributed by atoms with Crippen LogP contribution in [0.4, 0.5) is 0 Å². The quantitative estimate of drug-likeness (QED) is 0.499. The normalized spacial score (nSPS) is 15.0. The highest BCUT2D eigenvalue weighted by Crippen LogP contribution is 2.29. The number of likely N-dealkylation sites (tertiary alicyclic amines) is 1. The molecule has 3 aromatic rings. The third-order valence-electron chi connectivity index (χ3n) is 5.46. The van der Waals surface area contributed by atoms with E-state index in [1.54, 1.807) is 0 Å². The van der Waals surface area contributed by atoms with Crippen molar-refractivity contribution in [1.29, 1.82) is 0 Å². The maximum absolute atomic E-state index is 10.9. The van der Waals surface area contributed by atoms with E-state index in [1.807, 2.05) is 32.6 Å². The number of rotatable bonds is 4. The van der Waals surface area contributed by atoms with Gasteiger partial charge in [0.05, 0.1) is 5.69 Å². The van der Waals surface area contributed by atoms with Crippen LogP contribution in [0.15, 0.2) is 42.5 Å². The van der Waals surface area contributed by atoms with Gasteiger partial charge in [0, 0.05) is 36.1 Å². The third kappa shape index (κ3) is 7.04. The van der Waals surface area contributed by atoms with Crippen LogP contribution in [0.2, 0.25) is 0 Å². The second-order valence-corrected chi connectivity index (χ2v) is 8.50. The molecule has 1 atom stereocenters. The highest BCUT2D eigenvalue weighted by Gasteiger charge is 2.24. The number of carbonyl (C=O) groups excluding carboxylic acids is 1. The molecule has 1 aromatic carbocycles. The summed E-state index contributed by atoms with van der Waals surface area (Å²) >= 11 is 0. The summed E-state index contributed by atoms with van der Waals surface area (Å²) in [6.45, 7) is 16.0. The Morgan fingerprint density at radius 3 is 2.22 bits per heavy atom. The number of nitrogens with one attached hydrogen (secondary N) is 1. The molecule has 0 spiro atoms. The van der Waals surface area contributed by atoms with Gasteiger partial charge >= 0.3 is 0 Å². The number of hydrogen-bond donors (Lipinski definition) is 1. The van der Waals surface area contributed by atoms with Gasteiger partial charge in [-0.15, -0.1) is 0 Å². The summed E-state index contributed by atoms with van der Waals surface area (Å²) in [6, 6.07) is 14.9. The first kappa shape index (κ1) is 25.3. The second-order valence-electron chi connectivity index (χ2n) is 8.50. The summed E-state index contributed by atoms with van der Waals surface area (Å²) in [7, 11) is 0. The van der Waals surface area contributed by atoms with E-state index >= 15 is 0 Å². The van der Waals surface area contributed by atoms with Gasteiger partial charge in [0.15, 0.2) is 0 Å². The molecule has 172 valence electrons. The minimum absolute atomic E-state index is 0.360. The molecule has 1 saturated heterocycles. The molecule has 0 saturated carbocycles. The molecule has 2 aromatic heterocycles. The van der Waals surface area contributed by atoms with Crippen molar-refractivity contribution in [1.82, 2.24) is 20.1 Å². The van der Waals surface area contributed by atoms with Crippen LogP contribution in [0.1, 0.15) is 74.3 Å². The first-order valence-electron chi connectivity index (χ1n) is 11.6. The van der Waals surface area contributed by atoms with Crippen LogP contribution >= 0.6 is 0 Å². The molecule has 1 aliphatic rings. The zero-order chi connectivity index (χ0) is 23.7. The number of aromatic amines is 1. The van der Waals surface area contributed by atoms with E-state index in [0.717, 1.165) is 48.7 Å². The van der Waals surface area contributed by atoms with Gasteiger partial charge in [-0.2, -0.15) is 5.10 Å². The Hall–Kier alpha value is -2.95. The Kier molecular flexibility index (Phi) is 9.63. The van der Waals surface area contributed by atoms with Gasteiger partial charge < -0.3 is 4.90 Å². The number of benzene rings is 1. The lowest BCUT2D eigenvalue weighted by molar-refractivity contribution is -0.117. The monoisotopic (exact) mass is 434 g/mol. The number of pyridine rings is 1. The summed E-state index contributed by atoms with van der Waals surface area (Å²) in [5, 5.41) is 6.99. The molecule has 0 bridgehead atoms. The Balaban J connectivity index is 0.000000277. The molecule has 0 radical (unpaired) electrons. The zero-order valence-corrected chi connectivity index (χ0v) is 20.6. The maximum Gasteiger partial charge on any atom is 0.209 e. The van der Waals surface area contributed by atoms with Crippen molar-refractivity contribution in [2.75, 3.05) is 13.1 Å². The van der Waals surface area contributed by atoms with Crippen molar-refractivity contribution in [2.45, 2.75) is 66.7 Å². The van der Waals surface area contributed by atoms with Crippen LogP contribution < -0.4 is 0 Å². The molecule has 32 heavy (non-hydrogen) atoms. The van der Waals surface area contributed by atoms with Gasteiger partial charge in [0.1, 0.15) is 0 Å². The predicted octanol–water partition coefficient (Wildman–Crippen LogP) is 6.18. The first-order valence-corrected chi connectivity index (χ1v) is 11.6. The molecular formula is C27H38N4O. The number of hydrogen-bond acceptors (Lipinski definition) is 3. The van der Waals surface area contributed by atoms with E-state index in [4.69, 9.17) is 0 Å². The topological polar surface area (TPSA) is 61.9 Å². The number of amides is 1. The summed E-state index contributed by atoms with van der Waals surface area (Å²) in [5.74, 6) is 0.897. The lowest BCUT2D eigenvalue weighted by atomic mass is 9.98. The molecule has 5 nitrogen and oxygen atoms in total. The Labute approximate surface area is 193 Å². The molecule has 1 fully saturated rings. The largest absolute Gasteiger partial charge is 0.345 e. The highest BCUT2D eigenvalue weighted by molar-refractivity contribution is 5.64. The van der Waals surface area contributed by atoms with E-state index in [0.29, 0.717) is 11.8 Å². The molecule has 3 heterocycles. The first-order chi connectivity index (χ1) is 15.4. The average molecular weight is 435 g/mol. The van der Waals surface area contributed by atoms with Crippen molar-refractivity contribution in [3.8, 4) is 11.1 Å². The fraction of sp³-hybridized carbons (Fsp3) is 0.444. The van der Waals surface area contributed by atoms with Gasteiger partial charge in [-0.1, -0.05) is 57.5 Å². The highest BCUT2D eigenvalue weighted by atomic mass is 16.1. The Morgan fingerprint density at radius 1 is 1.03 bits per heavy atom. The van der Waals surface area contributed by atoms with Gasteiger partial charge in [0.25, 0.3) is 0 Å². The molecule has 0 aliphatic carbocycles. The minimum Gasteiger partial charge on any atom is -0.345 e. The Morgan fingerprint density at radius 2 is 1.72 bits per heavy atom. The lowest BCUT2D eigenvalue weighted by Gasteiger charge is -2.13. The van der Waals surface area contributed by atoms with Crippen LogP contribution in [0.3, 0.4) is 0 Å². The zero-order valence-electron chi connectivity index (χ0n) is 20.6. The molecule has 1 unspecified atom stereocenters. The van der Waals surface area contributed by atoms with Gasteiger partial charge in [0.2, 0.25) is 6.41 Å². The maximum atomic E-state index is 10.9. The minimum atomic E-state index is 0.360. The summed E-state index contributed by atoms with van der Waals surface area (Å²) in [6.07, 6.45) is 1.94. The van der Waals surface area contributed by atoms with E-state index in [-0.39, 0.29) is 0 Å². The summed E-state index contributed by atoms with van der Waals surface area (Å²) < 4.78 is 0. The number of aromatic nitrogens is 3. The van der Waals surface area contributed by atoms with E-state index in [2.05, 4.69) is 78.4 Å². The van der Waals surface area contributed by atoms with E-state index in [1.165, 1.54) is 16.7 Å². The van der Waals surface area contributed by atoms with Crippen molar-refractivity contribution in [3.63, 3.8) is 0 Å². The van der Waals surface area contributed by atoms with E-state index in [9.17, 15) is 4.79 Å². The number of H-pyrrole nitrogens is 1. The smallest absolute Gasteiger partial charge is 0.209 e. The molecule has 1 aliphatic heterocycles. The second kappa shape index (κ2) is 12.2. The summed E-state index contributed by atoms with van der Waals surface area (Å²) in [5.41, 5.74) is 8.12. The molecule has 4 rings (SSSR count). The fourth-order valence-electron chi connectivity index (χ4n) is 3.68. The molecular weight excluding hydrogens is 396 g/mol. The van der Waals surface area contributed by atoms with Crippen molar-refractivity contribution < 1.29 is 4.79 Å². The van der Waals surface area contributed by atoms with Gasteiger partial charge in [-0.3, -0.25) is 14.9 Å². The van der Waals surface area contributed by atoms with Crippen LogP contribution in [0, 0.1) is 20.8 Å². The number of carbonyl (C=O) groups is 1. The standard InChI is InChI=1S/C18H20N2O.C7H12N2.C2H6/c1-13-3-5-15(6-4-13)17-9-14(2)19-18(10-17)16-7-8-20(11-16)12-21;1-5(2)7-4-6(3)8-9-7;1-2/h3-6,9-10,12,16H,7-8,11H2,1-2H3;4-5H,1-3H3,(H,8,9);1-2H3. The molecule has 1 amide bonds. The fourth-order valence-corrected chi connectivity index (χ4v) is 3.68. The lowest BCUT2D eigenvalue weighted by Crippen LogP contribution is -2.17. The van der Waals surface area contributed by atoms with Crippen molar-refractivity contribution in [2.24, 2.45) is 0 Å².